The second kappa shape index (κ2) is 9.57. The Balaban J connectivity index is 1.75. The van der Waals surface area contributed by atoms with Crippen LogP contribution >= 0.6 is 0 Å². The lowest BCUT2D eigenvalue weighted by molar-refractivity contribution is 0.242. The zero-order valence-electron chi connectivity index (χ0n) is 15.2. The molecule has 0 heterocycles. The number of hydrogen-bond acceptors (Lipinski definition) is 3. The van der Waals surface area contributed by atoms with Gasteiger partial charge >= 0.3 is 0 Å². The van der Waals surface area contributed by atoms with Gasteiger partial charge in [0, 0.05) is 12.2 Å². The number of anilines is 1. The van der Waals surface area contributed by atoms with Crippen LogP contribution in [0.3, 0.4) is 0 Å². The first-order valence-corrected chi connectivity index (χ1v) is 8.53. The Morgan fingerprint density at radius 1 is 1.04 bits per heavy atom. The highest BCUT2D eigenvalue weighted by atomic mass is 16.5. The molecule has 0 fully saturated rings. The molecule has 134 valence electrons. The molecule has 5 heteroatoms. The zero-order valence-corrected chi connectivity index (χ0v) is 15.2. The van der Waals surface area contributed by atoms with Gasteiger partial charge in [-0.1, -0.05) is 12.1 Å². The molecule has 0 aliphatic rings. The van der Waals surface area contributed by atoms with Gasteiger partial charge < -0.3 is 20.5 Å². The molecule has 0 amide bonds. The highest BCUT2D eigenvalue weighted by Gasteiger charge is 1.99. The lowest BCUT2D eigenvalue weighted by Gasteiger charge is -2.11. The van der Waals surface area contributed by atoms with Crippen LogP contribution in [0.5, 0.6) is 11.5 Å². The number of methoxy groups -OCH3 is 1. The molecule has 0 bridgehead atoms. The smallest absolute Gasteiger partial charge is 0.193 e. The van der Waals surface area contributed by atoms with Gasteiger partial charge in [0.2, 0.25) is 0 Å². The Labute approximate surface area is 149 Å². The summed E-state index contributed by atoms with van der Waals surface area (Å²) in [6, 6.07) is 15.8. The highest BCUT2D eigenvalue weighted by Crippen LogP contribution is 2.16. The fourth-order valence-electron chi connectivity index (χ4n) is 2.35. The third-order valence-electron chi connectivity index (χ3n) is 3.56. The van der Waals surface area contributed by atoms with Crippen molar-refractivity contribution in [1.29, 1.82) is 0 Å². The number of aryl methyl sites for hydroxylation is 1. The van der Waals surface area contributed by atoms with Crippen molar-refractivity contribution in [3.8, 4) is 11.5 Å². The van der Waals surface area contributed by atoms with Crippen molar-refractivity contribution in [3.05, 3.63) is 54.1 Å². The van der Waals surface area contributed by atoms with E-state index in [4.69, 9.17) is 15.2 Å². The summed E-state index contributed by atoms with van der Waals surface area (Å²) in [5.74, 6) is 2.14. The number of nitrogens with one attached hydrogen (secondary N) is 1. The minimum atomic E-state index is 0.163. The minimum absolute atomic E-state index is 0.163. The first kappa shape index (κ1) is 18.6. The lowest BCUT2D eigenvalue weighted by Crippen LogP contribution is -2.22. The molecule has 5 nitrogen and oxygen atoms in total. The second-order valence-electron chi connectivity index (χ2n) is 6.03. The summed E-state index contributed by atoms with van der Waals surface area (Å²) in [5.41, 5.74) is 8.10. The summed E-state index contributed by atoms with van der Waals surface area (Å²) in [6.45, 7) is 4.69. The maximum Gasteiger partial charge on any atom is 0.193 e. The number of aliphatic imine (C=N–C) groups is 1. The number of rotatable bonds is 8. The van der Waals surface area contributed by atoms with E-state index in [-0.39, 0.29) is 6.10 Å². The summed E-state index contributed by atoms with van der Waals surface area (Å²) < 4.78 is 10.8. The van der Waals surface area contributed by atoms with Crippen molar-refractivity contribution >= 4 is 11.6 Å². The fourth-order valence-corrected chi connectivity index (χ4v) is 2.35. The number of nitrogens with two attached hydrogens (primary N) is 1. The molecule has 2 aromatic rings. The van der Waals surface area contributed by atoms with Crippen LogP contribution in [0.2, 0.25) is 0 Å². The molecule has 2 aromatic carbocycles. The third kappa shape index (κ3) is 6.75. The molecule has 0 aliphatic carbocycles. The largest absolute Gasteiger partial charge is 0.497 e. The molecule has 0 saturated carbocycles. The number of benzene rings is 2. The topological polar surface area (TPSA) is 68.9 Å². The van der Waals surface area contributed by atoms with Crippen LogP contribution in [-0.2, 0) is 6.42 Å². The summed E-state index contributed by atoms with van der Waals surface area (Å²) in [5, 5.41) is 3.09. The van der Waals surface area contributed by atoms with E-state index >= 15 is 0 Å². The Kier molecular flexibility index (Phi) is 7.14. The van der Waals surface area contributed by atoms with E-state index in [9.17, 15) is 0 Å². The monoisotopic (exact) mass is 341 g/mol. The van der Waals surface area contributed by atoms with Crippen molar-refractivity contribution in [1.82, 2.24) is 0 Å². The van der Waals surface area contributed by atoms with Gasteiger partial charge in [0.25, 0.3) is 0 Å². The van der Waals surface area contributed by atoms with E-state index in [0.29, 0.717) is 12.5 Å². The van der Waals surface area contributed by atoms with Crippen LogP contribution < -0.4 is 20.5 Å². The van der Waals surface area contributed by atoms with Gasteiger partial charge in [0.15, 0.2) is 5.96 Å². The Bertz CT molecular complexity index is 664. The Hall–Kier alpha value is -2.69. The minimum Gasteiger partial charge on any atom is -0.497 e. The van der Waals surface area contributed by atoms with E-state index in [1.807, 2.05) is 50.2 Å². The number of nitrogens with zero attached hydrogens (tertiary/aromatic N) is 1. The predicted molar refractivity (Wildman–Crippen MR) is 104 cm³/mol. The highest BCUT2D eigenvalue weighted by molar-refractivity contribution is 5.92. The molecule has 0 spiro atoms. The third-order valence-corrected chi connectivity index (χ3v) is 3.56. The standard InChI is InChI=1S/C20H27N3O2/c1-15(2)25-19-12-8-17(9-13-19)23-20(21)22-14-4-5-16-6-10-18(24-3)11-7-16/h6-13,15H,4-5,14H2,1-3H3,(H3,21,22,23). The van der Waals surface area contributed by atoms with Gasteiger partial charge in [0.1, 0.15) is 11.5 Å². The van der Waals surface area contributed by atoms with E-state index in [1.165, 1.54) is 5.56 Å². The average Bonchev–Trinajstić information content (AvgIpc) is 2.60. The molecule has 0 aromatic heterocycles. The lowest BCUT2D eigenvalue weighted by atomic mass is 10.1. The van der Waals surface area contributed by atoms with Gasteiger partial charge in [-0.05, 0) is 68.7 Å². The van der Waals surface area contributed by atoms with Gasteiger partial charge in [-0.25, -0.2) is 0 Å². The Morgan fingerprint density at radius 2 is 1.68 bits per heavy atom. The molecule has 2 rings (SSSR count). The maximum atomic E-state index is 5.93. The fraction of sp³-hybridized carbons (Fsp3) is 0.350. The summed E-state index contributed by atoms with van der Waals surface area (Å²) in [4.78, 5) is 4.37. The van der Waals surface area contributed by atoms with Gasteiger partial charge in [-0.2, -0.15) is 0 Å². The summed E-state index contributed by atoms with van der Waals surface area (Å²) in [6.07, 6.45) is 2.06. The molecule has 25 heavy (non-hydrogen) atoms. The van der Waals surface area contributed by atoms with Crippen LogP contribution in [0.4, 0.5) is 5.69 Å². The molecule has 0 saturated heterocycles. The molecule has 0 atom stereocenters. The molecule has 0 unspecified atom stereocenters. The van der Waals surface area contributed by atoms with Gasteiger partial charge in [-0.15, -0.1) is 0 Å². The number of ether oxygens (including phenoxy) is 2. The number of guanidine groups is 1. The van der Waals surface area contributed by atoms with E-state index in [2.05, 4.69) is 22.4 Å². The maximum absolute atomic E-state index is 5.93. The molecular formula is C20H27N3O2. The van der Waals surface area contributed by atoms with Crippen molar-refractivity contribution in [2.75, 3.05) is 19.0 Å². The van der Waals surface area contributed by atoms with E-state index in [0.717, 1.165) is 30.0 Å². The Morgan fingerprint density at radius 3 is 2.28 bits per heavy atom. The molecular weight excluding hydrogens is 314 g/mol. The molecule has 3 N–H and O–H groups in total. The summed E-state index contributed by atoms with van der Waals surface area (Å²) in [7, 11) is 1.67. The van der Waals surface area contributed by atoms with E-state index < -0.39 is 0 Å². The SMILES string of the molecule is COc1ccc(CCCN=C(N)Nc2ccc(OC(C)C)cc2)cc1. The zero-order chi connectivity index (χ0) is 18.1. The average molecular weight is 341 g/mol. The van der Waals surface area contributed by atoms with Crippen LogP contribution in [0.25, 0.3) is 0 Å². The van der Waals surface area contributed by atoms with Crippen molar-refractivity contribution in [2.45, 2.75) is 32.8 Å². The van der Waals surface area contributed by atoms with Crippen molar-refractivity contribution < 1.29 is 9.47 Å². The van der Waals surface area contributed by atoms with Crippen molar-refractivity contribution in [2.24, 2.45) is 10.7 Å². The van der Waals surface area contributed by atoms with Crippen LogP contribution in [0.1, 0.15) is 25.8 Å². The van der Waals surface area contributed by atoms with E-state index in [1.54, 1.807) is 7.11 Å². The van der Waals surface area contributed by atoms with Crippen molar-refractivity contribution in [3.63, 3.8) is 0 Å². The van der Waals surface area contributed by atoms with Gasteiger partial charge in [0.05, 0.1) is 13.2 Å². The van der Waals surface area contributed by atoms with Gasteiger partial charge in [-0.3, -0.25) is 4.99 Å². The number of hydrogen-bond donors (Lipinski definition) is 2. The first-order valence-electron chi connectivity index (χ1n) is 8.53. The van der Waals surface area contributed by atoms with Crippen LogP contribution in [-0.4, -0.2) is 25.7 Å². The quantitative estimate of drug-likeness (QED) is 0.435. The normalized spacial score (nSPS) is 11.4. The summed E-state index contributed by atoms with van der Waals surface area (Å²) >= 11 is 0. The van der Waals surface area contributed by atoms with Crippen LogP contribution in [0.15, 0.2) is 53.5 Å². The first-order chi connectivity index (χ1) is 12.1. The predicted octanol–water partition coefficient (Wildman–Crippen LogP) is 3.84. The molecule has 0 aliphatic heterocycles. The van der Waals surface area contributed by atoms with Crippen LogP contribution in [0, 0.1) is 0 Å². The molecule has 0 radical (unpaired) electrons. The second-order valence-corrected chi connectivity index (χ2v) is 6.03.